The van der Waals surface area contributed by atoms with Crippen LogP contribution in [0.4, 0.5) is 4.79 Å². The molecule has 0 radical (unpaired) electrons. The first-order valence-corrected chi connectivity index (χ1v) is 6.63. The molecule has 0 N–H and O–H groups in total. The first-order valence-electron chi connectivity index (χ1n) is 6.63. The van der Waals surface area contributed by atoms with Crippen LogP contribution in [0.15, 0.2) is 30.3 Å². The van der Waals surface area contributed by atoms with Crippen LogP contribution in [0, 0.1) is 0 Å². The predicted octanol–water partition coefficient (Wildman–Crippen LogP) is 2.60. The minimum atomic E-state index is -0.453. The molecule has 0 heterocycles. The number of hydrogen-bond acceptors (Lipinski definition) is 4. The van der Waals surface area contributed by atoms with Crippen molar-refractivity contribution in [2.24, 2.45) is 0 Å². The SMILES string of the molecule is CCOC(=O)C[C@H](C)N(C)C(=O)OCc1ccccc1. The van der Waals surface area contributed by atoms with Crippen LogP contribution in [0.2, 0.25) is 0 Å². The topological polar surface area (TPSA) is 55.8 Å². The van der Waals surface area contributed by atoms with Crippen molar-refractivity contribution in [1.82, 2.24) is 4.90 Å². The highest BCUT2D eigenvalue weighted by Crippen LogP contribution is 2.07. The van der Waals surface area contributed by atoms with Gasteiger partial charge in [-0.1, -0.05) is 30.3 Å². The van der Waals surface area contributed by atoms with E-state index in [0.717, 1.165) is 5.56 Å². The molecule has 5 heteroatoms. The van der Waals surface area contributed by atoms with Crippen LogP contribution in [-0.2, 0) is 20.9 Å². The van der Waals surface area contributed by atoms with Crippen molar-refractivity contribution in [3.63, 3.8) is 0 Å². The largest absolute Gasteiger partial charge is 0.466 e. The quantitative estimate of drug-likeness (QED) is 0.751. The number of carbonyl (C=O) groups is 2. The number of esters is 1. The van der Waals surface area contributed by atoms with Crippen LogP contribution in [0.25, 0.3) is 0 Å². The van der Waals surface area contributed by atoms with Crippen LogP contribution in [0.5, 0.6) is 0 Å². The van der Waals surface area contributed by atoms with Gasteiger partial charge in [-0.3, -0.25) is 4.79 Å². The fourth-order valence-corrected chi connectivity index (χ4v) is 1.60. The Balaban J connectivity index is 2.40. The molecule has 1 aromatic rings. The zero-order valence-electron chi connectivity index (χ0n) is 12.2. The number of nitrogens with zero attached hydrogens (tertiary/aromatic N) is 1. The lowest BCUT2D eigenvalue weighted by Crippen LogP contribution is -2.37. The maximum atomic E-state index is 11.8. The third kappa shape index (κ3) is 5.30. The minimum Gasteiger partial charge on any atom is -0.466 e. The van der Waals surface area contributed by atoms with Crippen LogP contribution >= 0.6 is 0 Å². The summed E-state index contributed by atoms with van der Waals surface area (Å²) < 4.78 is 10.0. The summed E-state index contributed by atoms with van der Waals surface area (Å²) in [6, 6.07) is 9.17. The van der Waals surface area contributed by atoms with E-state index in [1.54, 1.807) is 20.9 Å². The molecule has 0 spiro atoms. The Hall–Kier alpha value is -2.04. The number of benzene rings is 1. The number of amides is 1. The van der Waals surface area contributed by atoms with Gasteiger partial charge in [-0.25, -0.2) is 4.79 Å². The summed E-state index contributed by atoms with van der Waals surface area (Å²) in [5, 5.41) is 0. The average Bonchev–Trinajstić information content (AvgIpc) is 2.45. The van der Waals surface area contributed by atoms with Gasteiger partial charge < -0.3 is 14.4 Å². The first kappa shape index (κ1) is 16.0. The van der Waals surface area contributed by atoms with Gasteiger partial charge in [-0.2, -0.15) is 0 Å². The van der Waals surface area contributed by atoms with Gasteiger partial charge in [0.15, 0.2) is 0 Å². The van der Waals surface area contributed by atoms with Crippen molar-refractivity contribution in [3.05, 3.63) is 35.9 Å². The third-order valence-corrected chi connectivity index (χ3v) is 2.92. The normalized spacial score (nSPS) is 11.6. The molecule has 110 valence electrons. The summed E-state index contributed by atoms with van der Waals surface area (Å²) in [6.45, 7) is 4.09. The minimum absolute atomic E-state index is 0.158. The summed E-state index contributed by atoms with van der Waals surface area (Å²) in [7, 11) is 1.61. The smallest absolute Gasteiger partial charge is 0.410 e. The van der Waals surface area contributed by atoms with Crippen LogP contribution in [0.3, 0.4) is 0 Å². The van der Waals surface area contributed by atoms with Crippen molar-refractivity contribution in [2.45, 2.75) is 32.9 Å². The van der Waals surface area contributed by atoms with Crippen LogP contribution < -0.4 is 0 Å². The highest BCUT2D eigenvalue weighted by molar-refractivity contribution is 5.72. The Labute approximate surface area is 119 Å². The number of rotatable bonds is 6. The Morgan fingerprint density at radius 2 is 1.85 bits per heavy atom. The molecule has 0 fully saturated rings. The van der Waals surface area contributed by atoms with E-state index in [4.69, 9.17) is 9.47 Å². The average molecular weight is 279 g/mol. The molecule has 0 aromatic heterocycles. The maximum Gasteiger partial charge on any atom is 0.410 e. The Bertz CT molecular complexity index is 433. The van der Waals surface area contributed by atoms with Crippen LogP contribution in [-0.4, -0.2) is 36.7 Å². The van der Waals surface area contributed by atoms with Gasteiger partial charge in [0, 0.05) is 13.1 Å². The Morgan fingerprint density at radius 1 is 1.20 bits per heavy atom. The van der Waals surface area contributed by atoms with E-state index in [0.29, 0.717) is 6.61 Å². The van der Waals surface area contributed by atoms with Crippen molar-refractivity contribution in [1.29, 1.82) is 0 Å². The second-order valence-electron chi connectivity index (χ2n) is 4.51. The number of ether oxygens (including phenoxy) is 2. The van der Waals surface area contributed by atoms with Crippen molar-refractivity contribution < 1.29 is 19.1 Å². The van der Waals surface area contributed by atoms with E-state index in [1.165, 1.54) is 4.90 Å². The molecule has 20 heavy (non-hydrogen) atoms. The van der Waals surface area contributed by atoms with E-state index < -0.39 is 6.09 Å². The lowest BCUT2D eigenvalue weighted by atomic mass is 10.2. The number of carbonyl (C=O) groups excluding carboxylic acids is 2. The van der Waals surface area contributed by atoms with E-state index in [-0.39, 0.29) is 25.0 Å². The maximum absolute atomic E-state index is 11.8. The molecule has 5 nitrogen and oxygen atoms in total. The molecule has 0 aliphatic heterocycles. The van der Waals surface area contributed by atoms with Gasteiger partial charge >= 0.3 is 12.1 Å². The standard InChI is InChI=1S/C15H21NO4/c1-4-19-14(17)10-12(2)16(3)15(18)20-11-13-8-6-5-7-9-13/h5-9,12H,4,10-11H2,1-3H3/t12-/m0/s1. The van der Waals surface area contributed by atoms with Gasteiger partial charge in [0.1, 0.15) is 6.61 Å². The Kier molecular flexibility index (Phi) is 6.56. The molecule has 1 amide bonds. The molecule has 1 aromatic carbocycles. The van der Waals surface area contributed by atoms with Gasteiger partial charge in [0.25, 0.3) is 0 Å². The van der Waals surface area contributed by atoms with Gasteiger partial charge in [0.05, 0.1) is 13.0 Å². The van der Waals surface area contributed by atoms with Crippen molar-refractivity contribution >= 4 is 12.1 Å². The molecule has 0 aliphatic carbocycles. The molecule has 0 unspecified atom stereocenters. The summed E-state index contributed by atoms with van der Waals surface area (Å²) in [5.41, 5.74) is 0.923. The van der Waals surface area contributed by atoms with Gasteiger partial charge in [-0.05, 0) is 19.4 Å². The van der Waals surface area contributed by atoms with E-state index in [2.05, 4.69) is 0 Å². The highest BCUT2D eigenvalue weighted by Gasteiger charge is 2.20. The highest BCUT2D eigenvalue weighted by atomic mass is 16.6. The zero-order chi connectivity index (χ0) is 15.0. The summed E-state index contributed by atoms with van der Waals surface area (Å²) in [4.78, 5) is 24.6. The molecule has 0 bridgehead atoms. The van der Waals surface area contributed by atoms with E-state index in [1.807, 2.05) is 30.3 Å². The van der Waals surface area contributed by atoms with Crippen LogP contribution in [0.1, 0.15) is 25.8 Å². The van der Waals surface area contributed by atoms with Gasteiger partial charge in [-0.15, -0.1) is 0 Å². The lowest BCUT2D eigenvalue weighted by Gasteiger charge is -2.23. The number of hydrogen-bond donors (Lipinski definition) is 0. The third-order valence-electron chi connectivity index (χ3n) is 2.92. The van der Waals surface area contributed by atoms with Gasteiger partial charge in [0.2, 0.25) is 0 Å². The van der Waals surface area contributed by atoms with Crippen molar-refractivity contribution in [3.8, 4) is 0 Å². The second-order valence-corrected chi connectivity index (χ2v) is 4.51. The summed E-state index contributed by atoms with van der Waals surface area (Å²) in [5.74, 6) is -0.317. The molecule has 0 saturated heterocycles. The zero-order valence-corrected chi connectivity index (χ0v) is 12.2. The fourth-order valence-electron chi connectivity index (χ4n) is 1.60. The van der Waals surface area contributed by atoms with E-state index in [9.17, 15) is 9.59 Å². The lowest BCUT2D eigenvalue weighted by molar-refractivity contribution is -0.144. The summed E-state index contributed by atoms with van der Waals surface area (Å²) >= 11 is 0. The first-order chi connectivity index (χ1) is 9.54. The molecular weight excluding hydrogens is 258 g/mol. The predicted molar refractivity (Wildman–Crippen MR) is 75.1 cm³/mol. The molecule has 0 aliphatic rings. The molecule has 1 rings (SSSR count). The fraction of sp³-hybridized carbons (Fsp3) is 0.467. The molecule has 1 atom stereocenters. The second kappa shape index (κ2) is 8.19. The molecule has 0 saturated carbocycles. The molecular formula is C15H21NO4. The van der Waals surface area contributed by atoms with Crippen molar-refractivity contribution in [2.75, 3.05) is 13.7 Å². The summed E-state index contributed by atoms with van der Waals surface area (Å²) in [6.07, 6.45) is -0.296. The van der Waals surface area contributed by atoms with E-state index >= 15 is 0 Å². The Morgan fingerprint density at radius 3 is 2.45 bits per heavy atom. The monoisotopic (exact) mass is 279 g/mol.